The molecule has 1 aromatic carbocycles. The number of rotatable bonds is 9. The summed E-state index contributed by atoms with van der Waals surface area (Å²) in [5.74, 6) is 0.0911. The molecule has 0 aliphatic heterocycles. The lowest BCUT2D eigenvalue weighted by atomic mass is 10.1. The normalized spacial score (nSPS) is 11.3. The minimum absolute atomic E-state index is 0.00570. The van der Waals surface area contributed by atoms with Crippen LogP contribution in [0, 0.1) is 12.7 Å². The Kier molecular flexibility index (Phi) is 6.55. The van der Waals surface area contributed by atoms with Crippen molar-refractivity contribution >= 4 is 11.4 Å². The lowest BCUT2D eigenvalue weighted by molar-refractivity contribution is 0.0981. The molecule has 0 atom stereocenters. The first kappa shape index (κ1) is 22.7. The van der Waals surface area contributed by atoms with Gasteiger partial charge in [-0.05, 0) is 38.2 Å². The number of benzene rings is 1. The van der Waals surface area contributed by atoms with Crippen LogP contribution in [0.3, 0.4) is 0 Å². The zero-order valence-corrected chi connectivity index (χ0v) is 19.4. The predicted molar refractivity (Wildman–Crippen MR) is 125 cm³/mol. The molecule has 0 radical (unpaired) electrons. The Morgan fingerprint density at radius 3 is 2.82 bits per heavy atom. The minimum Gasteiger partial charge on any atom is -0.492 e. The summed E-state index contributed by atoms with van der Waals surface area (Å²) in [5.41, 5.74) is 5.84. The number of ketones is 1. The minimum atomic E-state index is -0.368. The van der Waals surface area contributed by atoms with Crippen LogP contribution in [0.4, 0.5) is 4.39 Å². The molecule has 0 bridgehead atoms. The third-order valence-electron chi connectivity index (χ3n) is 5.85. The Bertz CT molecular complexity index is 1310. The van der Waals surface area contributed by atoms with Crippen molar-refractivity contribution in [3.8, 4) is 16.9 Å². The van der Waals surface area contributed by atoms with E-state index < -0.39 is 0 Å². The topological polar surface area (TPSA) is 73.5 Å². The van der Waals surface area contributed by atoms with Gasteiger partial charge in [0.15, 0.2) is 5.78 Å². The van der Waals surface area contributed by atoms with Gasteiger partial charge in [-0.2, -0.15) is 5.10 Å². The SMILES string of the molecule is CCC(=O)c1nn(C)c(C)c1CCOc1cc(F)ccc1-c1ccc2ncc(CNC)n2c1. The van der Waals surface area contributed by atoms with E-state index in [1.165, 1.54) is 12.1 Å². The third kappa shape index (κ3) is 4.52. The highest BCUT2D eigenvalue weighted by molar-refractivity contribution is 5.95. The summed E-state index contributed by atoms with van der Waals surface area (Å²) in [5, 5.41) is 7.51. The zero-order valence-electron chi connectivity index (χ0n) is 19.4. The van der Waals surface area contributed by atoms with E-state index in [1.54, 1.807) is 10.7 Å². The second kappa shape index (κ2) is 9.54. The van der Waals surface area contributed by atoms with E-state index in [2.05, 4.69) is 15.4 Å². The first-order chi connectivity index (χ1) is 15.9. The van der Waals surface area contributed by atoms with Crippen LogP contribution >= 0.6 is 0 Å². The Morgan fingerprint density at radius 1 is 1.24 bits per heavy atom. The van der Waals surface area contributed by atoms with Crippen molar-refractivity contribution in [1.82, 2.24) is 24.5 Å². The largest absolute Gasteiger partial charge is 0.492 e. The predicted octanol–water partition coefficient (Wildman–Crippen LogP) is 4.12. The highest BCUT2D eigenvalue weighted by Crippen LogP contribution is 2.31. The maximum absolute atomic E-state index is 14.1. The summed E-state index contributed by atoms with van der Waals surface area (Å²) in [4.78, 5) is 16.7. The van der Waals surface area contributed by atoms with Gasteiger partial charge in [0, 0.05) is 61.1 Å². The highest BCUT2D eigenvalue weighted by Gasteiger charge is 2.18. The molecule has 0 saturated heterocycles. The molecule has 0 unspecified atom stereocenters. The van der Waals surface area contributed by atoms with Gasteiger partial charge in [0.25, 0.3) is 0 Å². The average molecular weight is 450 g/mol. The molecular weight excluding hydrogens is 421 g/mol. The molecule has 7 nitrogen and oxygen atoms in total. The zero-order chi connectivity index (χ0) is 23.5. The monoisotopic (exact) mass is 449 g/mol. The van der Waals surface area contributed by atoms with Crippen molar-refractivity contribution in [3.05, 3.63) is 71.2 Å². The Balaban J connectivity index is 1.61. The van der Waals surface area contributed by atoms with E-state index in [4.69, 9.17) is 4.74 Å². The summed E-state index contributed by atoms with van der Waals surface area (Å²) < 4.78 is 23.9. The molecule has 0 aliphatic carbocycles. The molecular formula is C25H28FN5O2. The van der Waals surface area contributed by atoms with Crippen molar-refractivity contribution in [2.45, 2.75) is 33.2 Å². The summed E-state index contributed by atoms with van der Waals surface area (Å²) in [7, 11) is 3.71. The van der Waals surface area contributed by atoms with Crippen LogP contribution in [-0.4, -0.2) is 38.6 Å². The summed E-state index contributed by atoms with van der Waals surface area (Å²) in [6, 6.07) is 8.44. The number of hydrogen-bond acceptors (Lipinski definition) is 5. The maximum Gasteiger partial charge on any atom is 0.183 e. The first-order valence-corrected chi connectivity index (χ1v) is 11.0. The number of halogens is 1. The van der Waals surface area contributed by atoms with Gasteiger partial charge in [0.2, 0.25) is 0 Å². The van der Waals surface area contributed by atoms with Crippen molar-refractivity contribution in [1.29, 1.82) is 0 Å². The van der Waals surface area contributed by atoms with Crippen LogP contribution in [0.1, 0.15) is 40.8 Å². The van der Waals surface area contributed by atoms with E-state index >= 15 is 0 Å². The van der Waals surface area contributed by atoms with Crippen LogP contribution < -0.4 is 10.1 Å². The molecule has 3 aromatic heterocycles. The Hall–Kier alpha value is -3.52. The van der Waals surface area contributed by atoms with E-state index in [-0.39, 0.29) is 11.6 Å². The first-order valence-electron chi connectivity index (χ1n) is 11.0. The van der Waals surface area contributed by atoms with Crippen LogP contribution in [0.15, 0.2) is 42.7 Å². The summed E-state index contributed by atoms with van der Waals surface area (Å²) >= 11 is 0. The number of imidazole rings is 1. The molecule has 172 valence electrons. The van der Waals surface area contributed by atoms with Crippen molar-refractivity contribution < 1.29 is 13.9 Å². The van der Waals surface area contributed by atoms with Gasteiger partial charge in [-0.3, -0.25) is 9.48 Å². The van der Waals surface area contributed by atoms with Gasteiger partial charge in [-0.1, -0.05) is 6.92 Å². The number of aromatic nitrogens is 4. The van der Waals surface area contributed by atoms with Gasteiger partial charge in [-0.25, -0.2) is 9.37 Å². The van der Waals surface area contributed by atoms with Gasteiger partial charge < -0.3 is 14.5 Å². The number of Topliss-reactive ketones (excluding diaryl/α,β-unsaturated/α-hetero) is 1. The van der Waals surface area contributed by atoms with Crippen molar-refractivity contribution in [3.63, 3.8) is 0 Å². The van der Waals surface area contributed by atoms with E-state index in [9.17, 15) is 9.18 Å². The number of nitrogens with zero attached hydrogens (tertiary/aromatic N) is 4. The second-order valence-corrected chi connectivity index (χ2v) is 7.98. The maximum atomic E-state index is 14.1. The average Bonchev–Trinajstić information content (AvgIpc) is 3.34. The van der Waals surface area contributed by atoms with Gasteiger partial charge in [0.1, 0.15) is 22.9 Å². The third-order valence-corrected chi connectivity index (χ3v) is 5.85. The Morgan fingerprint density at radius 2 is 2.06 bits per heavy atom. The molecule has 0 fully saturated rings. The number of pyridine rings is 1. The molecule has 4 aromatic rings. The van der Waals surface area contributed by atoms with Crippen molar-refractivity contribution in [2.75, 3.05) is 13.7 Å². The quantitative estimate of drug-likeness (QED) is 0.389. The number of nitrogens with one attached hydrogen (secondary N) is 1. The highest BCUT2D eigenvalue weighted by atomic mass is 19.1. The molecule has 4 rings (SSSR count). The van der Waals surface area contributed by atoms with Crippen LogP contribution in [-0.2, 0) is 20.0 Å². The number of ether oxygens (including phenoxy) is 1. The lowest BCUT2D eigenvalue weighted by Gasteiger charge is -2.13. The summed E-state index contributed by atoms with van der Waals surface area (Å²) in [6.07, 6.45) is 4.72. The van der Waals surface area contributed by atoms with Gasteiger partial charge in [-0.15, -0.1) is 0 Å². The molecule has 8 heteroatoms. The van der Waals surface area contributed by atoms with Gasteiger partial charge >= 0.3 is 0 Å². The molecule has 33 heavy (non-hydrogen) atoms. The van der Waals surface area contributed by atoms with Crippen LogP contribution in [0.25, 0.3) is 16.8 Å². The van der Waals surface area contributed by atoms with E-state index in [0.29, 0.717) is 37.4 Å². The fraction of sp³-hybridized carbons (Fsp3) is 0.320. The van der Waals surface area contributed by atoms with E-state index in [1.807, 2.05) is 56.9 Å². The lowest BCUT2D eigenvalue weighted by Crippen LogP contribution is -2.08. The van der Waals surface area contributed by atoms with Crippen molar-refractivity contribution in [2.24, 2.45) is 7.05 Å². The number of aryl methyl sites for hydroxylation is 1. The Labute approximate surface area is 192 Å². The molecule has 3 heterocycles. The standard InChI is InChI=1S/C25H28FN5O2/c1-5-22(32)25-20(16(2)30(4)29-25)10-11-33-23-12-18(26)7-8-21(23)17-6-9-24-28-14-19(13-27-3)31(24)15-17/h6-9,12,14-15,27H,5,10-11,13H2,1-4H3. The number of fused-ring (bicyclic) bond motifs is 1. The molecule has 1 N–H and O–H groups in total. The molecule has 0 amide bonds. The number of carbonyl (C=O) groups is 1. The summed E-state index contributed by atoms with van der Waals surface area (Å²) in [6.45, 7) is 4.74. The fourth-order valence-electron chi connectivity index (χ4n) is 3.96. The fourth-order valence-corrected chi connectivity index (χ4v) is 3.96. The van der Waals surface area contributed by atoms with E-state index in [0.717, 1.165) is 33.7 Å². The van der Waals surface area contributed by atoms with Gasteiger partial charge in [0.05, 0.1) is 18.5 Å². The molecule has 0 saturated carbocycles. The van der Waals surface area contributed by atoms with Crippen LogP contribution in [0.5, 0.6) is 5.75 Å². The van der Waals surface area contributed by atoms with Crippen LogP contribution in [0.2, 0.25) is 0 Å². The number of hydrogen-bond donors (Lipinski definition) is 1. The number of carbonyl (C=O) groups excluding carboxylic acids is 1. The molecule has 0 spiro atoms. The second-order valence-electron chi connectivity index (χ2n) is 7.98. The molecule has 0 aliphatic rings. The smallest absolute Gasteiger partial charge is 0.183 e.